The van der Waals surface area contributed by atoms with Gasteiger partial charge in [0.2, 0.25) is 5.91 Å². The second-order valence-corrected chi connectivity index (χ2v) is 5.33. The van der Waals surface area contributed by atoms with Crippen molar-refractivity contribution in [2.45, 2.75) is 26.2 Å². The summed E-state index contributed by atoms with van der Waals surface area (Å²) in [6, 6.07) is 9.38. The van der Waals surface area contributed by atoms with E-state index in [-0.39, 0.29) is 18.4 Å². The van der Waals surface area contributed by atoms with E-state index >= 15 is 0 Å². The molecule has 0 radical (unpaired) electrons. The summed E-state index contributed by atoms with van der Waals surface area (Å²) in [5.74, 6) is -1.56. The van der Waals surface area contributed by atoms with Crippen LogP contribution in [-0.2, 0) is 19.1 Å². The summed E-state index contributed by atoms with van der Waals surface area (Å²) >= 11 is 0. The molecule has 23 heavy (non-hydrogen) atoms. The Kier molecular flexibility index (Phi) is 7.80. The molecule has 6 nitrogen and oxygen atoms in total. The Hall–Kier alpha value is -2.37. The molecule has 0 spiro atoms. The average molecular weight is 320 g/mol. The van der Waals surface area contributed by atoms with Gasteiger partial charge in [-0.05, 0) is 11.5 Å². The van der Waals surface area contributed by atoms with Gasteiger partial charge in [0.1, 0.15) is 0 Å². The van der Waals surface area contributed by atoms with E-state index in [1.54, 1.807) is 0 Å². The summed E-state index contributed by atoms with van der Waals surface area (Å²) < 4.78 is 5.13. The molecule has 2 amide bonds. The number of ether oxygens (including phenoxy) is 1. The molecule has 6 heteroatoms. The van der Waals surface area contributed by atoms with Crippen LogP contribution in [-0.4, -0.2) is 38.0 Å². The Labute approximate surface area is 136 Å². The molecule has 2 atom stereocenters. The minimum atomic E-state index is -0.502. The van der Waals surface area contributed by atoms with Gasteiger partial charge >= 0.3 is 5.97 Å². The first kappa shape index (κ1) is 18.7. The summed E-state index contributed by atoms with van der Waals surface area (Å²) in [4.78, 5) is 35.0. The predicted molar refractivity (Wildman–Crippen MR) is 86.7 cm³/mol. The zero-order valence-electron chi connectivity index (χ0n) is 13.8. The number of hydrogen-bond donors (Lipinski definition) is 2. The van der Waals surface area contributed by atoms with Crippen LogP contribution < -0.4 is 10.6 Å². The van der Waals surface area contributed by atoms with Gasteiger partial charge in [0, 0.05) is 7.05 Å². The number of rotatable bonds is 8. The Morgan fingerprint density at radius 2 is 1.78 bits per heavy atom. The number of hydrogen-bond acceptors (Lipinski definition) is 4. The molecule has 1 aromatic rings. The zero-order chi connectivity index (χ0) is 17.2. The molecule has 0 aromatic heterocycles. The van der Waals surface area contributed by atoms with Crippen molar-refractivity contribution in [1.29, 1.82) is 0 Å². The zero-order valence-corrected chi connectivity index (χ0v) is 13.8. The lowest BCUT2D eigenvalue weighted by atomic mass is 9.86. The van der Waals surface area contributed by atoms with Crippen LogP contribution in [0.3, 0.4) is 0 Å². The fourth-order valence-corrected chi connectivity index (χ4v) is 2.14. The summed E-state index contributed by atoms with van der Waals surface area (Å²) in [5.41, 5.74) is 0.873. The first-order valence-electron chi connectivity index (χ1n) is 7.68. The van der Waals surface area contributed by atoms with Crippen molar-refractivity contribution in [1.82, 2.24) is 10.6 Å². The van der Waals surface area contributed by atoms with Gasteiger partial charge in [-0.1, -0.05) is 50.6 Å². The van der Waals surface area contributed by atoms with Gasteiger partial charge in [0.25, 0.3) is 5.91 Å². The van der Waals surface area contributed by atoms with Crippen LogP contribution in [0.4, 0.5) is 0 Å². The third-order valence-corrected chi connectivity index (χ3v) is 3.70. The third kappa shape index (κ3) is 6.10. The van der Waals surface area contributed by atoms with Crippen LogP contribution in [0.1, 0.15) is 31.7 Å². The van der Waals surface area contributed by atoms with E-state index < -0.39 is 24.4 Å². The summed E-state index contributed by atoms with van der Waals surface area (Å²) in [5, 5.41) is 4.77. The van der Waals surface area contributed by atoms with Gasteiger partial charge in [-0.15, -0.1) is 0 Å². The van der Waals surface area contributed by atoms with Crippen LogP contribution >= 0.6 is 0 Å². The molecule has 0 bridgehead atoms. The van der Waals surface area contributed by atoms with Crippen molar-refractivity contribution in [3.63, 3.8) is 0 Å². The van der Waals surface area contributed by atoms with Gasteiger partial charge < -0.3 is 15.4 Å². The van der Waals surface area contributed by atoms with Crippen LogP contribution in [0, 0.1) is 5.92 Å². The molecular weight excluding hydrogens is 296 g/mol. The van der Waals surface area contributed by atoms with Crippen molar-refractivity contribution in [2.75, 3.05) is 20.2 Å². The first-order chi connectivity index (χ1) is 11.0. The van der Waals surface area contributed by atoms with Gasteiger partial charge in [0.05, 0.1) is 12.5 Å². The standard InChI is InChI=1S/C17H24N2O4/c1-4-12(2)16(13-8-6-5-7-9-13)17(22)23-11-15(21)19-10-14(20)18-3/h5-9,12,16H,4,10-11H2,1-3H3,(H,18,20)(H,19,21)/t12-,16-/m1/s1. The van der Waals surface area contributed by atoms with E-state index in [0.717, 1.165) is 12.0 Å². The van der Waals surface area contributed by atoms with Crippen LogP contribution in [0.2, 0.25) is 0 Å². The Bertz CT molecular complexity index is 531. The molecule has 0 unspecified atom stereocenters. The highest BCUT2D eigenvalue weighted by molar-refractivity contribution is 5.87. The van der Waals surface area contributed by atoms with Gasteiger partial charge in [0.15, 0.2) is 6.61 Å². The molecule has 2 N–H and O–H groups in total. The average Bonchev–Trinajstić information content (AvgIpc) is 2.58. The number of amides is 2. The first-order valence-corrected chi connectivity index (χ1v) is 7.68. The lowest BCUT2D eigenvalue weighted by Crippen LogP contribution is -2.37. The van der Waals surface area contributed by atoms with Crippen molar-refractivity contribution in [3.05, 3.63) is 35.9 Å². The smallest absolute Gasteiger partial charge is 0.314 e. The molecule has 126 valence electrons. The highest BCUT2D eigenvalue weighted by Gasteiger charge is 2.27. The second kappa shape index (κ2) is 9.61. The number of likely N-dealkylation sites (N-methyl/N-ethyl adjacent to an activating group) is 1. The van der Waals surface area contributed by atoms with E-state index in [1.807, 2.05) is 44.2 Å². The quantitative estimate of drug-likeness (QED) is 0.705. The molecule has 0 aliphatic rings. The van der Waals surface area contributed by atoms with Crippen molar-refractivity contribution >= 4 is 17.8 Å². The number of carbonyl (C=O) groups is 3. The molecule has 0 aliphatic carbocycles. The Balaban J connectivity index is 2.61. The second-order valence-electron chi connectivity index (χ2n) is 5.33. The highest BCUT2D eigenvalue weighted by atomic mass is 16.5. The summed E-state index contributed by atoms with van der Waals surface area (Å²) in [6.45, 7) is 3.45. The number of carbonyl (C=O) groups excluding carboxylic acids is 3. The van der Waals surface area contributed by atoms with Crippen molar-refractivity contribution < 1.29 is 19.1 Å². The van der Waals surface area contributed by atoms with Crippen LogP contribution in [0.25, 0.3) is 0 Å². The van der Waals surface area contributed by atoms with Crippen LogP contribution in [0.5, 0.6) is 0 Å². The van der Waals surface area contributed by atoms with E-state index in [9.17, 15) is 14.4 Å². The number of nitrogens with one attached hydrogen (secondary N) is 2. The van der Waals surface area contributed by atoms with E-state index in [2.05, 4.69) is 10.6 Å². The van der Waals surface area contributed by atoms with E-state index in [0.29, 0.717) is 0 Å². The normalized spacial score (nSPS) is 12.8. The van der Waals surface area contributed by atoms with Crippen molar-refractivity contribution in [2.24, 2.45) is 5.92 Å². The SMILES string of the molecule is CC[C@@H](C)[C@@H](C(=O)OCC(=O)NCC(=O)NC)c1ccccc1. The summed E-state index contributed by atoms with van der Waals surface area (Å²) in [7, 11) is 1.48. The minimum absolute atomic E-state index is 0.0961. The fraction of sp³-hybridized carbons (Fsp3) is 0.471. The maximum atomic E-state index is 12.4. The topological polar surface area (TPSA) is 84.5 Å². The monoisotopic (exact) mass is 320 g/mol. The summed E-state index contributed by atoms with van der Waals surface area (Å²) in [6.07, 6.45) is 0.817. The third-order valence-electron chi connectivity index (χ3n) is 3.70. The molecule has 0 aliphatic heterocycles. The number of esters is 1. The predicted octanol–water partition coefficient (Wildman–Crippen LogP) is 1.22. The lowest BCUT2D eigenvalue weighted by Gasteiger charge is -2.21. The fourth-order valence-electron chi connectivity index (χ4n) is 2.14. The highest BCUT2D eigenvalue weighted by Crippen LogP contribution is 2.28. The van der Waals surface area contributed by atoms with Gasteiger partial charge in [-0.2, -0.15) is 0 Å². The Morgan fingerprint density at radius 3 is 2.35 bits per heavy atom. The number of benzene rings is 1. The van der Waals surface area contributed by atoms with Crippen molar-refractivity contribution in [3.8, 4) is 0 Å². The molecule has 1 rings (SSSR count). The molecule has 0 saturated carbocycles. The van der Waals surface area contributed by atoms with Gasteiger partial charge in [-0.25, -0.2) is 0 Å². The Morgan fingerprint density at radius 1 is 1.13 bits per heavy atom. The van der Waals surface area contributed by atoms with Gasteiger partial charge in [-0.3, -0.25) is 14.4 Å². The molecule has 0 fully saturated rings. The maximum absolute atomic E-state index is 12.4. The minimum Gasteiger partial charge on any atom is -0.455 e. The lowest BCUT2D eigenvalue weighted by molar-refractivity contribution is -0.151. The van der Waals surface area contributed by atoms with E-state index in [1.165, 1.54) is 7.05 Å². The maximum Gasteiger partial charge on any atom is 0.314 e. The van der Waals surface area contributed by atoms with E-state index in [4.69, 9.17) is 4.74 Å². The molecule has 1 aromatic carbocycles. The van der Waals surface area contributed by atoms with Crippen LogP contribution in [0.15, 0.2) is 30.3 Å². The molecule has 0 heterocycles. The largest absolute Gasteiger partial charge is 0.455 e. The molecular formula is C17H24N2O4. The molecule has 0 saturated heterocycles.